The summed E-state index contributed by atoms with van der Waals surface area (Å²) in [6.07, 6.45) is 2.31. The number of nitrogens with two attached hydrogens (primary N) is 1. The van der Waals surface area contributed by atoms with Crippen LogP contribution in [0.15, 0.2) is 18.2 Å². The molecular weight excluding hydrogens is 216 g/mol. The van der Waals surface area contributed by atoms with Crippen LogP contribution in [-0.4, -0.2) is 13.7 Å². The van der Waals surface area contributed by atoms with E-state index in [0.717, 1.165) is 24.2 Å². The number of benzene rings is 1. The highest BCUT2D eigenvalue weighted by Gasteiger charge is 2.04. The maximum atomic E-state index is 8.40. The van der Waals surface area contributed by atoms with Crippen molar-refractivity contribution in [1.29, 1.82) is 5.26 Å². The first-order valence-electron chi connectivity index (χ1n) is 5.68. The molecule has 1 rings (SSSR count). The quantitative estimate of drug-likeness (QED) is 0.734. The van der Waals surface area contributed by atoms with Gasteiger partial charge >= 0.3 is 0 Å². The first-order valence-corrected chi connectivity index (χ1v) is 5.68. The molecule has 92 valence electrons. The third kappa shape index (κ3) is 4.33. The molecule has 0 atom stereocenters. The van der Waals surface area contributed by atoms with E-state index in [9.17, 15) is 0 Å². The Balaban J connectivity index is 2.50. The van der Waals surface area contributed by atoms with Gasteiger partial charge in [-0.15, -0.1) is 0 Å². The Morgan fingerprint density at radius 3 is 2.76 bits per heavy atom. The second-order valence-corrected chi connectivity index (χ2v) is 3.65. The van der Waals surface area contributed by atoms with Crippen molar-refractivity contribution in [3.05, 3.63) is 23.8 Å². The van der Waals surface area contributed by atoms with Gasteiger partial charge in [0, 0.05) is 13.0 Å². The summed E-state index contributed by atoms with van der Waals surface area (Å²) in [6, 6.07) is 7.78. The van der Waals surface area contributed by atoms with Crippen LogP contribution in [0.3, 0.4) is 0 Å². The molecule has 0 unspecified atom stereocenters. The maximum Gasteiger partial charge on any atom is 0.161 e. The maximum absolute atomic E-state index is 8.40. The van der Waals surface area contributed by atoms with E-state index in [1.807, 2.05) is 18.2 Å². The lowest BCUT2D eigenvalue weighted by molar-refractivity contribution is 0.287. The molecule has 1 aromatic carbocycles. The molecule has 0 aromatic heterocycles. The molecule has 0 aliphatic heterocycles. The highest BCUT2D eigenvalue weighted by molar-refractivity contribution is 5.42. The molecule has 0 aliphatic carbocycles. The largest absolute Gasteiger partial charge is 0.493 e. The van der Waals surface area contributed by atoms with Crippen molar-refractivity contribution >= 4 is 0 Å². The first kappa shape index (κ1) is 13.3. The third-order valence-corrected chi connectivity index (χ3v) is 2.40. The highest BCUT2D eigenvalue weighted by atomic mass is 16.5. The van der Waals surface area contributed by atoms with Crippen molar-refractivity contribution < 1.29 is 9.47 Å². The van der Waals surface area contributed by atoms with E-state index >= 15 is 0 Å². The molecule has 0 radical (unpaired) electrons. The van der Waals surface area contributed by atoms with E-state index in [1.54, 1.807) is 7.11 Å². The summed E-state index contributed by atoms with van der Waals surface area (Å²) in [5.41, 5.74) is 6.56. The number of methoxy groups -OCH3 is 1. The smallest absolute Gasteiger partial charge is 0.161 e. The van der Waals surface area contributed by atoms with Gasteiger partial charge in [0.15, 0.2) is 11.5 Å². The molecule has 0 saturated heterocycles. The summed E-state index contributed by atoms with van der Waals surface area (Å²) in [7, 11) is 1.61. The SMILES string of the molecule is COc1cc(CN)ccc1OCCCCC#N. The van der Waals surface area contributed by atoms with Crippen molar-refractivity contribution in [3.63, 3.8) is 0 Å². The van der Waals surface area contributed by atoms with Gasteiger partial charge < -0.3 is 15.2 Å². The number of nitrogens with zero attached hydrogens (tertiary/aromatic N) is 1. The summed E-state index contributed by atoms with van der Waals surface area (Å²) < 4.78 is 10.8. The van der Waals surface area contributed by atoms with Gasteiger partial charge in [0.2, 0.25) is 0 Å². The average molecular weight is 234 g/mol. The Kier molecular flexibility index (Phi) is 5.91. The van der Waals surface area contributed by atoms with Gasteiger partial charge in [0.25, 0.3) is 0 Å². The minimum absolute atomic E-state index is 0.485. The second-order valence-electron chi connectivity index (χ2n) is 3.65. The Bertz CT molecular complexity index is 385. The number of rotatable bonds is 7. The minimum atomic E-state index is 0.485. The molecule has 1 aromatic rings. The zero-order chi connectivity index (χ0) is 12.5. The monoisotopic (exact) mass is 234 g/mol. The van der Waals surface area contributed by atoms with Crippen LogP contribution in [0.25, 0.3) is 0 Å². The fourth-order valence-electron chi connectivity index (χ4n) is 1.45. The van der Waals surface area contributed by atoms with Crippen molar-refractivity contribution in [2.75, 3.05) is 13.7 Å². The molecule has 0 spiro atoms. The van der Waals surface area contributed by atoms with Gasteiger partial charge in [-0.05, 0) is 30.5 Å². The van der Waals surface area contributed by atoms with Gasteiger partial charge in [0.1, 0.15) is 0 Å². The summed E-state index contributed by atoms with van der Waals surface area (Å²) in [4.78, 5) is 0. The minimum Gasteiger partial charge on any atom is -0.493 e. The third-order valence-electron chi connectivity index (χ3n) is 2.40. The normalized spacial score (nSPS) is 9.71. The van der Waals surface area contributed by atoms with Crippen LogP contribution >= 0.6 is 0 Å². The predicted octanol–water partition coefficient (Wildman–Crippen LogP) is 2.23. The molecular formula is C13H18N2O2. The standard InChI is InChI=1S/C13H18N2O2/c1-16-13-9-11(10-15)5-6-12(13)17-8-4-2-3-7-14/h5-6,9H,2-4,8,10,15H2,1H3. The number of nitriles is 1. The highest BCUT2D eigenvalue weighted by Crippen LogP contribution is 2.28. The zero-order valence-electron chi connectivity index (χ0n) is 10.1. The summed E-state index contributed by atoms with van der Waals surface area (Å²) in [6.45, 7) is 1.08. The summed E-state index contributed by atoms with van der Waals surface area (Å²) in [5.74, 6) is 1.43. The van der Waals surface area contributed by atoms with Gasteiger partial charge in [-0.2, -0.15) is 5.26 Å². The van der Waals surface area contributed by atoms with Gasteiger partial charge in [-0.3, -0.25) is 0 Å². The fraction of sp³-hybridized carbons (Fsp3) is 0.462. The molecule has 0 fully saturated rings. The molecule has 0 saturated carbocycles. The van der Waals surface area contributed by atoms with Crippen LogP contribution in [0.1, 0.15) is 24.8 Å². The topological polar surface area (TPSA) is 68.3 Å². The van der Waals surface area contributed by atoms with Crippen LogP contribution in [0, 0.1) is 11.3 Å². The van der Waals surface area contributed by atoms with Crippen molar-refractivity contribution in [2.45, 2.75) is 25.8 Å². The molecule has 4 heteroatoms. The number of unbranched alkanes of at least 4 members (excludes halogenated alkanes) is 2. The summed E-state index contributed by atoms with van der Waals surface area (Å²) >= 11 is 0. The Hall–Kier alpha value is -1.73. The molecule has 0 bridgehead atoms. The van der Waals surface area contributed by atoms with E-state index < -0.39 is 0 Å². The average Bonchev–Trinajstić information content (AvgIpc) is 2.38. The zero-order valence-corrected chi connectivity index (χ0v) is 10.1. The van der Waals surface area contributed by atoms with Gasteiger partial charge in [-0.1, -0.05) is 6.07 Å². The second kappa shape index (κ2) is 7.53. The van der Waals surface area contributed by atoms with Crippen LogP contribution in [0.2, 0.25) is 0 Å². The van der Waals surface area contributed by atoms with Gasteiger partial charge in [0.05, 0.1) is 19.8 Å². The molecule has 0 heterocycles. The molecule has 0 amide bonds. The van der Waals surface area contributed by atoms with Gasteiger partial charge in [-0.25, -0.2) is 0 Å². The van der Waals surface area contributed by atoms with E-state index in [2.05, 4.69) is 6.07 Å². The van der Waals surface area contributed by atoms with E-state index in [-0.39, 0.29) is 0 Å². The van der Waals surface area contributed by atoms with Crippen molar-refractivity contribution in [2.24, 2.45) is 5.73 Å². The Morgan fingerprint density at radius 1 is 1.29 bits per heavy atom. The first-order chi connectivity index (χ1) is 8.31. The predicted molar refractivity (Wildman–Crippen MR) is 65.8 cm³/mol. The summed E-state index contributed by atoms with van der Waals surface area (Å²) in [5, 5.41) is 8.40. The molecule has 0 aliphatic rings. The number of hydrogen-bond acceptors (Lipinski definition) is 4. The Labute approximate surface area is 102 Å². The lowest BCUT2D eigenvalue weighted by atomic mass is 10.2. The number of hydrogen-bond donors (Lipinski definition) is 1. The number of ether oxygens (including phenoxy) is 2. The lowest BCUT2D eigenvalue weighted by Crippen LogP contribution is -2.01. The Morgan fingerprint density at radius 2 is 2.12 bits per heavy atom. The van der Waals surface area contributed by atoms with Crippen molar-refractivity contribution in [3.8, 4) is 17.6 Å². The van der Waals surface area contributed by atoms with Crippen molar-refractivity contribution in [1.82, 2.24) is 0 Å². The van der Waals surface area contributed by atoms with Crippen LogP contribution in [0.4, 0.5) is 0 Å². The molecule has 2 N–H and O–H groups in total. The lowest BCUT2D eigenvalue weighted by Gasteiger charge is -2.11. The fourth-order valence-corrected chi connectivity index (χ4v) is 1.45. The van der Waals surface area contributed by atoms with E-state index in [4.69, 9.17) is 20.5 Å². The van der Waals surface area contributed by atoms with E-state index in [1.165, 1.54) is 0 Å². The molecule has 17 heavy (non-hydrogen) atoms. The van der Waals surface area contributed by atoms with E-state index in [0.29, 0.717) is 25.3 Å². The molecule has 4 nitrogen and oxygen atoms in total. The van der Waals surface area contributed by atoms with Crippen LogP contribution < -0.4 is 15.2 Å². The van der Waals surface area contributed by atoms with Crippen LogP contribution in [-0.2, 0) is 6.54 Å². The van der Waals surface area contributed by atoms with Crippen LogP contribution in [0.5, 0.6) is 11.5 Å².